The quantitative estimate of drug-likeness (QED) is 0.205. The van der Waals surface area contributed by atoms with Crippen molar-refractivity contribution in [2.24, 2.45) is 0 Å². The lowest BCUT2D eigenvalue weighted by Crippen LogP contribution is -2.56. The standard InChI is InChI=1S/C30H33N9O6S/c1-17-25(38-46-37-17)30(44)33-22-14-19-8-10-21(11-9-19)45-13-12-31-24(41)15-39-27(35-26(36-39)20-6-4-3-5-7-20)18(2)32-29(43)23(16-40)34-28(22)42/h3-11,18,22-23,40H,12-16H2,1-2H3,(H,31,41)(H,32,43)(H,33,44)(H,34,42)/t18-,22-,23-/m0/s1. The highest BCUT2D eigenvalue weighted by Gasteiger charge is 2.30. The summed E-state index contributed by atoms with van der Waals surface area (Å²) in [6, 6.07) is 12.8. The van der Waals surface area contributed by atoms with Crippen molar-refractivity contribution in [2.45, 2.75) is 44.9 Å². The second kappa shape index (κ2) is 14.7. The van der Waals surface area contributed by atoms with Gasteiger partial charge in [-0.25, -0.2) is 9.67 Å². The van der Waals surface area contributed by atoms with Crippen LogP contribution in [0.15, 0.2) is 54.6 Å². The predicted molar refractivity (Wildman–Crippen MR) is 166 cm³/mol. The normalized spacial score (nSPS) is 19.6. The van der Waals surface area contributed by atoms with Gasteiger partial charge < -0.3 is 31.1 Å². The fourth-order valence-electron chi connectivity index (χ4n) is 4.73. The molecule has 6 rings (SSSR count). The van der Waals surface area contributed by atoms with Crippen LogP contribution in [0.4, 0.5) is 0 Å². The van der Waals surface area contributed by atoms with Gasteiger partial charge in [-0.1, -0.05) is 42.5 Å². The molecule has 2 aliphatic rings. The van der Waals surface area contributed by atoms with Crippen LogP contribution in [0.1, 0.15) is 40.5 Å². The van der Waals surface area contributed by atoms with Gasteiger partial charge in [-0.2, -0.15) is 13.8 Å². The Morgan fingerprint density at radius 1 is 1.07 bits per heavy atom. The number of aliphatic hydroxyl groups excluding tert-OH is 1. The van der Waals surface area contributed by atoms with Gasteiger partial charge in [0, 0.05) is 12.0 Å². The van der Waals surface area contributed by atoms with Gasteiger partial charge in [-0.15, -0.1) is 0 Å². The number of ether oxygens (including phenoxy) is 1. The van der Waals surface area contributed by atoms with E-state index < -0.39 is 42.5 Å². The summed E-state index contributed by atoms with van der Waals surface area (Å²) in [5, 5.41) is 25.4. The molecule has 240 valence electrons. The van der Waals surface area contributed by atoms with Crippen molar-refractivity contribution in [3.63, 3.8) is 0 Å². The van der Waals surface area contributed by atoms with E-state index in [1.807, 2.05) is 30.3 Å². The van der Waals surface area contributed by atoms with Crippen LogP contribution in [-0.2, 0) is 27.3 Å². The molecular formula is C30H33N9O6S. The van der Waals surface area contributed by atoms with Crippen LogP contribution in [0, 0.1) is 6.92 Å². The molecule has 3 atom stereocenters. The summed E-state index contributed by atoms with van der Waals surface area (Å²) in [6.07, 6.45) is 0.0616. The van der Waals surface area contributed by atoms with Crippen LogP contribution in [0.2, 0.25) is 0 Å². The number of nitrogens with zero attached hydrogens (tertiary/aromatic N) is 5. The van der Waals surface area contributed by atoms with Gasteiger partial charge in [-0.3, -0.25) is 19.2 Å². The maximum atomic E-state index is 13.5. The first-order chi connectivity index (χ1) is 22.2. The number of carbonyl (C=O) groups excluding carboxylic acids is 4. The van der Waals surface area contributed by atoms with E-state index in [0.29, 0.717) is 28.4 Å². The molecule has 15 nitrogen and oxygen atoms in total. The number of amides is 4. The van der Waals surface area contributed by atoms with Crippen molar-refractivity contribution in [3.8, 4) is 17.1 Å². The van der Waals surface area contributed by atoms with Gasteiger partial charge in [0.05, 0.1) is 36.6 Å². The largest absolute Gasteiger partial charge is 0.492 e. The van der Waals surface area contributed by atoms with E-state index in [0.717, 1.165) is 11.7 Å². The zero-order chi connectivity index (χ0) is 32.6. The summed E-state index contributed by atoms with van der Waals surface area (Å²) >= 11 is 0.875. The molecule has 0 saturated carbocycles. The van der Waals surface area contributed by atoms with Crippen molar-refractivity contribution in [1.82, 2.24) is 44.8 Å². The first kappa shape index (κ1) is 32.2. The number of aromatic nitrogens is 5. The number of benzene rings is 2. The molecule has 2 aromatic carbocycles. The number of rotatable bonds is 4. The predicted octanol–water partition coefficient (Wildman–Crippen LogP) is 0.309. The Balaban J connectivity index is 1.43. The summed E-state index contributed by atoms with van der Waals surface area (Å²) in [5.74, 6) is -1.16. The SMILES string of the molecule is Cc1nsnc1C(=O)N[C@H]1Cc2ccc(cc2)OCCNC(=O)Cn2nc(-c3ccccc3)nc2[C@H](C)NC(=O)[C@H](CO)NC1=O. The molecule has 46 heavy (non-hydrogen) atoms. The molecule has 16 heteroatoms. The van der Waals surface area contributed by atoms with Gasteiger partial charge in [0.1, 0.15) is 36.8 Å². The Morgan fingerprint density at radius 2 is 1.83 bits per heavy atom. The van der Waals surface area contributed by atoms with E-state index >= 15 is 0 Å². The van der Waals surface area contributed by atoms with E-state index in [-0.39, 0.29) is 43.5 Å². The minimum Gasteiger partial charge on any atom is -0.492 e. The molecule has 0 spiro atoms. The Kier molecular flexibility index (Phi) is 10.3. The molecule has 2 bridgehead atoms. The first-order valence-corrected chi connectivity index (χ1v) is 15.2. The monoisotopic (exact) mass is 647 g/mol. The molecule has 0 radical (unpaired) electrons. The van der Waals surface area contributed by atoms with Gasteiger partial charge in [0.15, 0.2) is 11.5 Å². The lowest BCUT2D eigenvalue weighted by molar-refractivity contribution is -0.131. The van der Waals surface area contributed by atoms with Crippen molar-refractivity contribution >= 4 is 35.4 Å². The zero-order valence-electron chi connectivity index (χ0n) is 25.1. The number of carbonyl (C=O) groups is 4. The van der Waals surface area contributed by atoms with Crippen LogP contribution in [-0.4, -0.2) is 84.1 Å². The highest BCUT2D eigenvalue weighted by atomic mass is 32.1. The highest BCUT2D eigenvalue weighted by Crippen LogP contribution is 2.19. The third-order valence-corrected chi connectivity index (χ3v) is 7.75. The van der Waals surface area contributed by atoms with E-state index in [4.69, 9.17) is 4.74 Å². The van der Waals surface area contributed by atoms with E-state index in [1.165, 1.54) is 4.68 Å². The Morgan fingerprint density at radius 3 is 2.52 bits per heavy atom. The van der Waals surface area contributed by atoms with Crippen LogP contribution in [0.5, 0.6) is 5.75 Å². The number of aryl methyl sites for hydroxylation is 1. The van der Waals surface area contributed by atoms with Gasteiger partial charge in [0.25, 0.3) is 5.91 Å². The Labute approximate surface area is 268 Å². The molecular weight excluding hydrogens is 614 g/mol. The lowest BCUT2D eigenvalue weighted by Gasteiger charge is -2.23. The van der Waals surface area contributed by atoms with Gasteiger partial charge >= 0.3 is 0 Å². The average Bonchev–Trinajstić information content (AvgIpc) is 3.68. The number of hydrogen-bond acceptors (Lipinski definition) is 11. The van der Waals surface area contributed by atoms with E-state index in [9.17, 15) is 24.3 Å². The second-order valence-electron chi connectivity index (χ2n) is 10.6. The van der Waals surface area contributed by atoms with Crippen LogP contribution >= 0.6 is 11.7 Å². The zero-order valence-corrected chi connectivity index (χ0v) is 25.9. The molecule has 2 aliphatic heterocycles. The molecule has 0 unspecified atom stereocenters. The van der Waals surface area contributed by atoms with Crippen LogP contribution in [0.3, 0.4) is 0 Å². The van der Waals surface area contributed by atoms with Crippen LogP contribution in [0.25, 0.3) is 11.4 Å². The maximum Gasteiger partial charge on any atom is 0.273 e. The van der Waals surface area contributed by atoms with Gasteiger partial charge in [-0.05, 0) is 31.5 Å². The summed E-state index contributed by atoms with van der Waals surface area (Å²) in [7, 11) is 0. The van der Waals surface area contributed by atoms with Crippen molar-refractivity contribution in [3.05, 3.63) is 77.4 Å². The Bertz CT molecular complexity index is 1690. The second-order valence-corrected chi connectivity index (χ2v) is 11.1. The topological polar surface area (TPSA) is 202 Å². The summed E-state index contributed by atoms with van der Waals surface area (Å²) in [4.78, 5) is 57.3. The summed E-state index contributed by atoms with van der Waals surface area (Å²) < 4.78 is 15.2. The smallest absolute Gasteiger partial charge is 0.273 e. The minimum absolute atomic E-state index is 0.0616. The molecule has 4 amide bonds. The molecule has 0 aliphatic carbocycles. The summed E-state index contributed by atoms with van der Waals surface area (Å²) in [5.41, 5.74) is 1.90. The van der Waals surface area contributed by atoms with Crippen LogP contribution < -0.4 is 26.0 Å². The van der Waals surface area contributed by atoms with Crippen molar-refractivity contribution in [1.29, 1.82) is 0 Å². The maximum absolute atomic E-state index is 13.5. The fraction of sp³-hybridized carbons (Fsp3) is 0.333. The molecule has 4 aromatic rings. The Hall–Kier alpha value is -5.22. The molecule has 5 N–H and O–H groups in total. The van der Waals surface area contributed by atoms with E-state index in [2.05, 4.69) is 40.1 Å². The first-order valence-electron chi connectivity index (χ1n) is 14.5. The number of hydrogen-bond donors (Lipinski definition) is 5. The van der Waals surface area contributed by atoms with Crippen molar-refractivity contribution in [2.75, 3.05) is 19.8 Å². The molecule has 4 heterocycles. The lowest BCUT2D eigenvalue weighted by atomic mass is 10.0. The summed E-state index contributed by atoms with van der Waals surface area (Å²) in [6.45, 7) is 2.79. The third kappa shape index (κ3) is 7.89. The molecule has 2 aromatic heterocycles. The van der Waals surface area contributed by atoms with E-state index in [1.54, 1.807) is 38.1 Å². The molecule has 0 fully saturated rings. The molecule has 0 saturated heterocycles. The number of aliphatic hydroxyl groups is 1. The fourth-order valence-corrected chi connectivity index (χ4v) is 5.27. The van der Waals surface area contributed by atoms with Gasteiger partial charge in [0.2, 0.25) is 17.7 Å². The minimum atomic E-state index is -1.37. The average molecular weight is 648 g/mol. The van der Waals surface area contributed by atoms with Crippen molar-refractivity contribution < 1.29 is 29.0 Å². The third-order valence-electron chi connectivity index (χ3n) is 7.13. The number of nitrogens with one attached hydrogen (secondary N) is 4. The highest BCUT2D eigenvalue weighted by molar-refractivity contribution is 6.99. The number of fused-ring (bicyclic) bond motifs is 14.